The Bertz CT molecular complexity index is 823. The maximum Gasteiger partial charge on any atom is 0.175 e. The van der Waals surface area contributed by atoms with Gasteiger partial charge in [0.15, 0.2) is 14.5 Å². The largest absolute Gasteiger partial charge is 0.293 e. The summed E-state index contributed by atoms with van der Waals surface area (Å²) in [6.07, 6.45) is 0. The standard InChI is InChI=1S/C17H13FN2OS3/c18-14-9-5-4-8-13(14)10-22-16-19-20-17(24-16)23-11-15(21)12-6-2-1-3-7-12/h1-9H,10-11H2. The van der Waals surface area contributed by atoms with E-state index in [-0.39, 0.29) is 11.6 Å². The van der Waals surface area contributed by atoms with E-state index in [0.29, 0.717) is 22.6 Å². The van der Waals surface area contributed by atoms with Gasteiger partial charge in [0.25, 0.3) is 0 Å². The first-order valence-corrected chi connectivity index (χ1v) is 9.92. The van der Waals surface area contributed by atoms with Crippen molar-refractivity contribution < 1.29 is 9.18 Å². The summed E-state index contributed by atoms with van der Waals surface area (Å²) in [7, 11) is 0. The number of hydrogen-bond acceptors (Lipinski definition) is 6. The highest BCUT2D eigenvalue weighted by Gasteiger charge is 2.11. The Balaban J connectivity index is 1.52. The molecule has 3 nitrogen and oxygen atoms in total. The lowest BCUT2D eigenvalue weighted by atomic mass is 10.2. The molecule has 0 aliphatic heterocycles. The van der Waals surface area contributed by atoms with Gasteiger partial charge in [0.05, 0.1) is 5.75 Å². The van der Waals surface area contributed by atoms with E-state index in [2.05, 4.69) is 10.2 Å². The predicted octanol–water partition coefficient (Wildman–Crippen LogP) is 4.94. The summed E-state index contributed by atoms with van der Waals surface area (Å²) in [6.45, 7) is 0. The molecule has 0 amide bonds. The average Bonchev–Trinajstić information content (AvgIpc) is 3.08. The third kappa shape index (κ3) is 4.66. The molecule has 1 aromatic heterocycles. The molecule has 3 aromatic rings. The number of carbonyl (C=O) groups is 1. The van der Waals surface area contributed by atoms with Crippen LogP contribution >= 0.6 is 34.9 Å². The smallest absolute Gasteiger partial charge is 0.175 e. The van der Waals surface area contributed by atoms with Gasteiger partial charge in [-0.15, -0.1) is 10.2 Å². The van der Waals surface area contributed by atoms with Crippen molar-refractivity contribution in [2.45, 2.75) is 14.4 Å². The zero-order valence-corrected chi connectivity index (χ0v) is 15.0. The maximum absolute atomic E-state index is 13.6. The highest BCUT2D eigenvalue weighted by Crippen LogP contribution is 2.31. The number of thioether (sulfide) groups is 2. The molecule has 0 spiro atoms. The summed E-state index contributed by atoms with van der Waals surface area (Å²) in [5.41, 5.74) is 1.34. The second-order valence-electron chi connectivity index (χ2n) is 4.79. The Morgan fingerprint density at radius 2 is 1.62 bits per heavy atom. The molecule has 0 aliphatic rings. The van der Waals surface area contributed by atoms with E-state index >= 15 is 0 Å². The molecule has 0 atom stereocenters. The number of nitrogens with zero attached hydrogens (tertiary/aromatic N) is 2. The molecular weight excluding hydrogens is 363 g/mol. The summed E-state index contributed by atoms with van der Waals surface area (Å²) in [6, 6.07) is 15.9. The van der Waals surface area contributed by atoms with Crippen LogP contribution in [0.15, 0.2) is 63.3 Å². The Morgan fingerprint density at radius 1 is 0.958 bits per heavy atom. The van der Waals surface area contributed by atoms with E-state index in [1.165, 1.54) is 40.9 Å². The van der Waals surface area contributed by atoms with Gasteiger partial charge in [-0.25, -0.2) is 4.39 Å². The van der Waals surface area contributed by atoms with Crippen LogP contribution in [0.2, 0.25) is 0 Å². The number of rotatable bonds is 7. The van der Waals surface area contributed by atoms with E-state index in [1.807, 2.05) is 24.3 Å². The first kappa shape index (κ1) is 17.1. The van der Waals surface area contributed by atoms with E-state index < -0.39 is 0 Å². The van der Waals surface area contributed by atoms with Gasteiger partial charge in [-0.05, 0) is 11.6 Å². The molecule has 0 saturated carbocycles. The number of hydrogen-bond donors (Lipinski definition) is 0. The van der Waals surface area contributed by atoms with Crippen molar-refractivity contribution in [1.82, 2.24) is 10.2 Å². The van der Waals surface area contributed by atoms with Crippen LogP contribution in [0.25, 0.3) is 0 Å². The minimum atomic E-state index is -0.211. The zero-order chi connectivity index (χ0) is 16.8. The normalized spacial score (nSPS) is 10.7. The number of Topliss-reactive ketones (excluding diaryl/α,β-unsaturated/α-hetero) is 1. The van der Waals surface area contributed by atoms with E-state index in [1.54, 1.807) is 24.3 Å². The highest BCUT2D eigenvalue weighted by molar-refractivity contribution is 8.03. The van der Waals surface area contributed by atoms with Crippen molar-refractivity contribution in [3.05, 3.63) is 71.5 Å². The summed E-state index contributed by atoms with van der Waals surface area (Å²) in [4.78, 5) is 12.1. The van der Waals surface area contributed by atoms with Crippen molar-refractivity contribution >= 4 is 40.6 Å². The monoisotopic (exact) mass is 376 g/mol. The van der Waals surface area contributed by atoms with Gasteiger partial charge in [0, 0.05) is 11.3 Å². The second-order valence-corrected chi connectivity index (χ2v) is 8.21. The number of benzene rings is 2. The van der Waals surface area contributed by atoms with Crippen LogP contribution in [0.1, 0.15) is 15.9 Å². The molecule has 2 aromatic carbocycles. The number of halogens is 1. The zero-order valence-electron chi connectivity index (χ0n) is 12.5. The van der Waals surface area contributed by atoms with Crippen LogP contribution < -0.4 is 0 Å². The predicted molar refractivity (Wildman–Crippen MR) is 97.4 cm³/mol. The number of aromatic nitrogens is 2. The third-order valence-electron chi connectivity index (χ3n) is 3.12. The molecule has 1 heterocycles. The lowest BCUT2D eigenvalue weighted by Gasteiger charge is -1.99. The third-order valence-corrected chi connectivity index (χ3v) is 6.36. The molecule has 0 radical (unpaired) electrons. The van der Waals surface area contributed by atoms with Crippen molar-refractivity contribution in [1.29, 1.82) is 0 Å². The Morgan fingerprint density at radius 3 is 2.38 bits per heavy atom. The first-order valence-electron chi connectivity index (χ1n) is 7.13. The Hall–Kier alpha value is -1.70. The molecule has 0 fully saturated rings. The lowest BCUT2D eigenvalue weighted by Crippen LogP contribution is -2.01. The van der Waals surface area contributed by atoms with Gasteiger partial charge < -0.3 is 0 Å². The molecule has 0 aliphatic carbocycles. The van der Waals surface area contributed by atoms with Crippen molar-refractivity contribution in [2.24, 2.45) is 0 Å². The van der Waals surface area contributed by atoms with Crippen molar-refractivity contribution in [3.8, 4) is 0 Å². The van der Waals surface area contributed by atoms with Gasteiger partial charge in [-0.2, -0.15) is 0 Å². The fourth-order valence-corrected chi connectivity index (χ4v) is 4.80. The highest BCUT2D eigenvalue weighted by atomic mass is 32.2. The van der Waals surface area contributed by atoms with Crippen LogP contribution in [0.5, 0.6) is 0 Å². The van der Waals surface area contributed by atoms with Gasteiger partial charge in [-0.3, -0.25) is 4.79 Å². The average molecular weight is 377 g/mol. The van der Waals surface area contributed by atoms with Crippen LogP contribution in [-0.4, -0.2) is 21.7 Å². The van der Waals surface area contributed by atoms with Crippen LogP contribution in [-0.2, 0) is 5.75 Å². The summed E-state index contributed by atoms with van der Waals surface area (Å²) < 4.78 is 15.1. The molecule has 0 bridgehead atoms. The summed E-state index contributed by atoms with van der Waals surface area (Å²) in [5, 5.41) is 8.17. The summed E-state index contributed by atoms with van der Waals surface area (Å²) in [5.74, 6) is 0.694. The van der Waals surface area contributed by atoms with Crippen molar-refractivity contribution in [2.75, 3.05) is 5.75 Å². The molecule has 3 rings (SSSR count). The fraction of sp³-hybridized carbons (Fsp3) is 0.118. The van der Waals surface area contributed by atoms with Crippen LogP contribution in [0.4, 0.5) is 4.39 Å². The molecule has 24 heavy (non-hydrogen) atoms. The SMILES string of the molecule is O=C(CSc1nnc(SCc2ccccc2F)s1)c1ccccc1. The Labute approximate surface area is 151 Å². The number of ketones is 1. The van der Waals surface area contributed by atoms with Gasteiger partial charge in [0.1, 0.15) is 5.82 Å². The minimum Gasteiger partial charge on any atom is -0.293 e. The van der Waals surface area contributed by atoms with Crippen LogP contribution in [0, 0.1) is 5.82 Å². The van der Waals surface area contributed by atoms with E-state index in [0.717, 1.165) is 8.68 Å². The van der Waals surface area contributed by atoms with E-state index in [4.69, 9.17) is 0 Å². The molecule has 7 heteroatoms. The van der Waals surface area contributed by atoms with Gasteiger partial charge >= 0.3 is 0 Å². The minimum absolute atomic E-state index is 0.0661. The topological polar surface area (TPSA) is 42.9 Å². The van der Waals surface area contributed by atoms with Crippen LogP contribution in [0.3, 0.4) is 0 Å². The molecular formula is C17H13FN2OS3. The molecule has 0 unspecified atom stereocenters. The second kappa shape index (κ2) is 8.41. The molecule has 0 N–H and O–H groups in total. The first-order chi connectivity index (χ1) is 11.7. The van der Waals surface area contributed by atoms with E-state index in [9.17, 15) is 9.18 Å². The molecule has 0 saturated heterocycles. The Kier molecular flexibility index (Phi) is 6.01. The quantitative estimate of drug-likeness (QED) is 0.431. The van der Waals surface area contributed by atoms with Crippen molar-refractivity contribution in [3.63, 3.8) is 0 Å². The summed E-state index contributed by atoms with van der Waals surface area (Å²) >= 11 is 4.25. The van der Waals surface area contributed by atoms with Gasteiger partial charge in [-0.1, -0.05) is 83.4 Å². The lowest BCUT2D eigenvalue weighted by molar-refractivity contribution is 0.102. The molecule has 122 valence electrons. The fourth-order valence-electron chi connectivity index (χ4n) is 1.90. The van der Waals surface area contributed by atoms with Gasteiger partial charge in [0.2, 0.25) is 0 Å². The maximum atomic E-state index is 13.6. The number of carbonyl (C=O) groups excluding carboxylic acids is 1.